The van der Waals surface area contributed by atoms with Gasteiger partial charge < -0.3 is 10.6 Å². The summed E-state index contributed by atoms with van der Waals surface area (Å²) < 4.78 is 22.7. The molecule has 0 spiro atoms. The van der Waals surface area contributed by atoms with E-state index in [0.717, 1.165) is 5.69 Å². The summed E-state index contributed by atoms with van der Waals surface area (Å²) in [5, 5.41) is 5.87. The summed E-state index contributed by atoms with van der Waals surface area (Å²) in [7, 11) is -2.88. The van der Waals surface area contributed by atoms with Gasteiger partial charge in [-0.2, -0.15) is 0 Å². The third-order valence-corrected chi connectivity index (χ3v) is 4.55. The number of hydrogen-bond acceptors (Lipinski definition) is 4. The van der Waals surface area contributed by atoms with Crippen molar-refractivity contribution in [3.63, 3.8) is 0 Å². The molecule has 1 aromatic carbocycles. The van der Waals surface area contributed by atoms with Crippen LogP contribution in [0.4, 0.5) is 11.4 Å². The van der Waals surface area contributed by atoms with Crippen LogP contribution in [-0.2, 0) is 14.6 Å². The zero-order valence-electron chi connectivity index (χ0n) is 10.1. The Morgan fingerprint density at radius 3 is 2.67 bits per heavy atom. The highest BCUT2D eigenvalue weighted by Crippen LogP contribution is 2.20. The number of sulfone groups is 1. The van der Waals surface area contributed by atoms with Crippen LogP contribution in [0.1, 0.15) is 13.3 Å². The molecular weight excluding hydrogens is 252 g/mol. The zero-order valence-corrected chi connectivity index (χ0v) is 11.0. The van der Waals surface area contributed by atoms with Crippen LogP contribution in [0.5, 0.6) is 0 Å². The van der Waals surface area contributed by atoms with Gasteiger partial charge in [-0.3, -0.25) is 4.79 Å². The summed E-state index contributed by atoms with van der Waals surface area (Å²) in [5.74, 6) is 0.295. The fourth-order valence-corrected chi connectivity index (χ4v) is 3.71. The lowest BCUT2D eigenvalue weighted by molar-refractivity contribution is -0.114. The summed E-state index contributed by atoms with van der Waals surface area (Å²) >= 11 is 0. The van der Waals surface area contributed by atoms with Crippen molar-refractivity contribution in [1.29, 1.82) is 0 Å². The van der Waals surface area contributed by atoms with E-state index in [0.29, 0.717) is 12.1 Å². The van der Waals surface area contributed by atoms with Crippen molar-refractivity contribution in [2.45, 2.75) is 19.4 Å². The molecule has 6 heteroatoms. The third kappa shape index (κ3) is 3.46. The molecule has 0 bridgehead atoms. The highest BCUT2D eigenvalue weighted by Gasteiger charge is 2.27. The quantitative estimate of drug-likeness (QED) is 0.865. The Morgan fingerprint density at radius 1 is 1.33 bits per heavy atom. The van der Waals surface area contributed by atoms with Gasteiger partial charge in [-0.25, -0.2) is 8.42 Å². The van der Waals surface area contributed by atoms with Crippen LogP contribution in [0.3, 0.4) is 0 Å². The van der Waals surface area contributed by atoms with Crippen LogP contribution in [0.25, 0.3) is 0 Å². The Bertz CT molecular complexity index is 554. The highest BCUT2D eigenvalue weighted by atomic mass is 32.2. The molecule has 1 amide bonds. The summed E-state index contributed by atoms with van der Waals surface area (Å²) in [4.78, 5) is 10.9. The number of carbonyl (C=O) groups is 1. The van der Waals surface area contributed by atoms with E-state index < -0.39 is 9.84 Å². The maximum Gasteiger partial charge on any atom is 0.221 e. The second-order valence-electron chi connectivity index (χ2n) is 4.51. The molecule has 1 aliphatic heterocycles. The predicted molar refractivity (Wildman–Crippen MR) is 71.4 cm³/mol. The van der Waals surface area contributed by atoms with Crippen LogP contribution in [0.15, 0.2) is 24.3 Å². The Balaban J connectivity index is 2.04. The van der Waals surface area contributed by atoms with E-state index in [-0.39, 0.29) is 23.5 Å². The Kier molecular flexibility index (Phi) is 3.56. The highest BCUT2D eigenvalue weighted by molar-refractivity contribution is 7.91. The summed E-state index contributed by atoms with van der Waals surface area (Å²) in [5.41, 5.74) is 1.52. The van der Waals surface area contributed by atoms with Gasteiger partial charge in [0.15, 0.2) is 9.84 Å². The van der Waals surface area contributed by atoms with Crippen LogP contribution >= 0.6 is 0 Å². The number of amides is 1. The van der Waals surface area contributed by atoms with Crippen LogP contribution in [-0.4, -0.2) is 31.9 Å². The first-order chi connectivity index (χ1) is 8.44. The molecule has 2 N–H and O–H groups in total. The van der Waals surface area contributed by atoms with Crippen molar-refractivity contribution in [2.24, 2.45) is 0 Å². The Labute approximate surface area is 107 Å². The molecule has 1 aliphatic rings. The number of nitrogens with one attached hydrogen (secondary N) is 2. The standard InChI is InChI=1S/C12H16N2O3S/c1-9(15)13-10-3-2-4-11(7-10)14-12-5-6-18(16,17)8-12/h2-4,7,12,14H,5-6,8H2,1H3,(H,13,15). The average Bonchev–Trinajstić information content (AvgIpc) is 2.57. The van der Waals surface area contributed by atoms with Crippen molar-refractivity contribution < 1.29 is 13.2 Å². The number of rotatable bonds is 3. The molecule has 18 heavy (non-hydrogen) atoms. The lowest BCUT2D eigenvalue weighted by Crippen LogP contribution is -2.20. The fourth-order valence-electron chi connectivity index (χ4n) is 2.03. The molecule has 1 atom stereocenters. The number of carbonyl (C=O) groups excluding carboxylic acids is 1. The molecule has 0 aliphatic carbocycles. The molecule has 2 rings (SSSR count). The number of benzene rings is 1. The molecule has 1 saturated heterocycles. The van der Waals surface area contributed by atoms with E-state index in [1.807, 2.05) is 12.1 Å². The fraction of sp³-hybridized carbons (Fsp3) is 0.417. The van der Waals surface area contributed by atoms with Gasteiger partial charge in [-0.1, -0.05) is 6.07 Å². The molecule has 1 aromatic rings. The Hall–Kier alpha value is -1.56. The molecule has 0 aromatic heterocycles. The number of anilines is 2. The first-order valence-corrected chi connectivity index (χ1v) is 7.61. The molecule has 0 radical (unpaired) electrons. The maximum absolute atomic E-state index is 11.3. The zero-order chi connectivity index (χ0) is 13.2. The van der Waals surface area contributed by atoms with Crippen molar-refractivity contribution in [2.75, 3.05) is 22.1 Å². The normalized spacial score (nSPS) is 21.5. The van der Waals surface area contributed by atoms with Crippen LogP contribution in [0.2, 0.25) is 0 Å². The van der Waals surface area contributed by atoms with Gasteiger partial charge in [0.05, 0.1) is 11.5 Å². The SMILES string of the molecule is CC(=O)Nc1cccc(NC2CCS(=O)(=O)C2)c1. The second kappa shape index (κ2) is 4.97. The molecule has 0 saturated carbocycles. The van der Waals surface area contributed by atoms with E-state index >= 15 is 0 Å². The topological polar surface area (TPSA) is 75.3 Å². The lowest BCUT2D eigenvalue weighted by Gasteiger charge is -2.13. The van der Waals surface area contributed by atoms with E-state index in [1.54, 1.807) is 12.1 Å². The number of hydrogen-bond donors (Lipinski definition) is 2. The predicted octanol–water partition coefficient (Wildman–Crippen LogP) is 1.24. The first kappa shape index (κ1) is 12.9. The van der Waals surface area contributed by atoms with Gasteiger partial charge in [-0.15, -0.1) is 0 Å². The first-order valence-electron chi connectivity index (χ1n) is 5.79. The maximum atomic E-state index is 11.3. The minimum Gasteiger partial charge on any atom is -0.381 e. The molecular formula is C12H16N2O3S. The third-order valence-electron chi connectivity index (χ3n) is 2.79. The van der Waals surface area contributed by atoms with Crippen LogP contribution in [0, 0.1) is 0 Å². The smallest absolute Gasteiger partial charge is 0.221 e. The summed E-state index contributed by atoms with van der Waals surface area (Å²) in [6.07, 6.45) is 0.632. The average molecular weight is 268 g/mol. The lowest BCUT2D eigenvalue weighted by atomic mass is 10.2. The molecule has 1 fully saturated rings. The van der Waals surface area contributed by atoms with Gasteiger partial charge in [-0.05, 0) is 24.6 Å². The largest absolute Gasteiger partial charge is 0.381 e. The van der Waals surface area contributed by atoms with E-state index in [9.17, 15) is 13.2 Å². The van der Waals surface area contributed by atoms with Crippen molar-refractivity contribution in [1.82, 2.24) is 0 Å². The summed E-state index contributed by atoms with van der Waals surface area (Å²) in [6, 6.07) is 7.22. The van der Waals surface area contributed by atoms with Gasteiger partial charge in [0.25, 0.3) is 0 Å². The van der Waals surface area contributed by atoms with E-state index in [4.69, 9.17) is 0 Å². The van der Waals surface area contributed by atoms with Gasteiger partial charge in [0.1, 0.15) is 0 Å². The van der Waals surface area contributed by atoms with Crippen molar-refractivity contribution >= 4 is 27.1 Å². The van der Waals surface area contributed by atoms with Crippen molar-refractivity contribution in [3.05, 3.63) is 24.3 Å². The van der Waals surface area contributed by atoms with Gasteiger partial charge >= 0.3 is 0 Å². The monoisotopic (exact) mass is 268 g/mol. The molecule has 98 valence electrons. The molecule has 5 nitrogen and oxygen atoms in total. The molecule has 1 unspecified atom stereocenters. The van der Waals surface area contributed by atoms with E-state index in [1.165, 1.54) is 6.92 Å². The Morgan fingerprint density at radius 2 is 2.06 bits per heavy atom. The van der Waals surface area contributed by atoms with Gasteiger partial charge in [0.2, 0.25) is 5.91 Å². The van der Waals surface area contributed by atoms with Gasteiger partial charge in [0, 0.05) is 24.3 Å². The summed E-state index contributed by atoms with van der Waals surface area (Å²) in [6.45, 7) is 1.45. The minimum atomic E-state index is -2.88. The molecule has 1 heterocycles. The van der Waals surface area contributed by atoms with E-state index in [2.05, 4.69) is 10.6 Å². The second-order valence-corrected chi connectivity index (χ2v) is 6.74. The van der Waals surface area contributed by atoms with Crippen molar-refractivity contribution in [3.8, 4) is 0 Å². The minimum absolute atomic E-state index is 0.0393. The van der Waals surface area contributed by atoms with Crippen LogP contribution < -0.4 is 10.6 Å².